The number of nitro benzene ring substituents is 1. The van der Waals surface area contributed by atoms with Crippen molar-refractivity contribution < 1.29 is 22.9 Å². The summed E-state index contributed by atoms with van der Waals surface area (Å²) in [7, 11) is -4.42. The first-order valence-corrected chi connectivity index (χ1v) is 8.56. The van der Waals surface area contributed by atoms with E-state index in [-0.39, 0.29) is 17.3 Å². The first-order valence-electron chi connectivity index (χ1n) is 6.74. The molecule has 0 aliphatic carbocycles. The lowest BCUT2D eigenvalue weighted by Crippen LogP contribution is -2.20. The first-order chi connectivity index (χ1) is 11.2. The average Bonchev–Trinajstić information content (AvgIpc) is 2.90. The summed E-state index contributed by atoms with van der Waals surface area (Å²) in [5.74, 6) is -0.848. The zero-order chi connectivity index (χ0) is 18.1. The summed E-state index contributed by atoms with van der Waals surface area (Å²) >= 11 is 5.78. The molecule has 0 N–H and O–H groups in total. The van der Waals surface area contributed by atoms with Gasteiger partial charge in [0, 0.05) is 17.3 Å². The number of aryl methyl sites for hydroxylation is 1. The SMILES string of the molecule is CCOC(=O)c1cc(C)cn1S(=O)(=O)c1cc(Cl)ccc1[N+](=O)[O-]. The summed E-state index contributed by atoms with van der Waals surface area (Å²) in [4.78, 5) is 21.7. The van der Waals surface area contributed by atoms with Crippen LogP contribution >= 0.6 is 11.6 Å². The summed E-state index contributed by atoms with van der Waals surface area (Å²) in [6.45, 7) is 3.22. The second-order valence-corrected chi connectivity index (χ2v) is 7.01. The quantitative estimate of drug-likeness (QED) is 0.453. The lowest BCUT2D eigenvalue weighted by molar-refractivity contribution is -0.387. The van der Waals surface area contributed by atoms with E-state index in [0.717, 1.165) is 12.1 Å². The zero-order valence-corrected chi connectivity index (χ0v) is 14.3. The Labute approximate surface area is 142 Å². The van der Waals surface area contributed by atoms with Crippen molar-refractivity contribution >= 4 is 33.3 Å². The molecule has 0 atom stereocenters. The second-order valence-electron chi connectivity index (χ2n) is 4.79. The lowest BCUT2D eigenvalue weighted by atomic mass is 10.3. The van der Waals surface area contributed by atoms with E-state index in [1.807, 2.05) is 0 Å². The molecule has 1 aromatic heterocycles. The molecule has 0 amide bonds. The number of hydrogen-bond donors (Lipinski definition) is 0. The fourth-order valence-electron chi connectivity index (χ4n) is 2.08. The van der Waals surface area contributed by atoms with Crippen molar-refractivity contribution in [1.82, 2.24) is 3.97 Å². The molecule has 24 heavy (non-hydrogen) atoms. The number of benzene rings is 1. The Kier molecular flexibility index (Phi) is 4.95. The van der Waals surface area contributed by atoms with E-state index in [2.05, 4.69) is 0 Å². The van der Waals surface area contributed by atoms with Crippen LogP contribution in [-0.2, 0) is 14.8 Å². The highest BCUT2D eigenvalue weighted by Gasteiger charge is 2.31. The fraction of sp³-hybridized carbons (Fsp3) is 0.214. The predicted octanol–water partition coefficient (Wildman–Crippen LogP) is 2.77. The number of nitro groups is 1. The molecule has 0 aliphatic rings. The maximum absolute atomic E-state index is 12.8. The molecule has 8 nitrogen and oxygen atoms in total. The van der Waals surface area contributed by atoms with Crippen LogP contribution in [-0.4, -0.2) is 29.9 Å². The molecule has 2 aromatic rings. The molecule has 128 valence electrons. The Hall–Kier alpha value is -2.39. The fourth-order valence-corrected chi connectivity index (χ4v) is 3.90. The van der Waals surface area contributed by atoms with E-state index in [9.17, 15) is 23.3 Å². The molecule has 0 bridgehead atoms. The summed E-state index contributed by atoms with van der Waals surface area (Å²) in [5.41, 5.74) is -0.407. The Morgan fingerprint density at radius 2 is 2.04 bits per heavy atom. The molecule has 0 unspecified atom stereocenters. The number of nitrogens with zero attached hydrogens (tertiary/aromatic N) is 2. The summed E-state index contributed by atoms with van der Waals surface area (Å²) < 4.78 is 31.2. The van der Waals surface area contributed by atoms with Crippen LogP contribution in [0.3, 0.4) is 0 Å². The lowest BCUT2D eigenvalue weighted by Gasteiger charge is -2.10. The van der Waals surface area contributed by atoms with E-state index < -0.39 is 31.5 Å². The minimum Gasteiger partial charge on any atom is -0.461 e. The van der Waals surface area contributed by atoms with Crippen molar-refractivity contribution in [1.29, 1.82) is 0 Å². The van der Waals surface area contributed by atoms with Gasteiger partial charge in [0.25, 0.3) is 15.7 Å². The number of hydrogen-bond acceptors (Lipinski definition) is 6. The smallest absolute Gasteiger partial charge is 0.356 e. The van der Waals surface area contributed by atoms with Gasteiger partial charge < -0.3 is 4.74 Å². The van der Waals surface area contributed by atoms with Crippen LogP contribution in [0, 0.1) is 17.0 Å². The van der Waals surface area contributed by atoms with Crippen LogP contribution in [0.4, 0.5) is 5.69 Å². The van der Waals surface area contributed by atoms with Gasteiger partial charge in [0.05, 0.1) is 11.5 Å². The van der Waals surface area contributed by atoms with Crippen LogP contribution in [0.25, 0.3) is 0 Å². The minimum absolute atomic E-state index is 0.0146. The molecule has 2 rings (SSSR count). The van der Waals surface area contributed by atoms with Gasteiger partial charge >= 0.3 is 5.97 Å². The standard InChI is InChI=1S/C14H13ClN2O6S/c1-3-23-14(18)12-6-9(2)8-16(12)24(21,22)13-7-10(15)4-5-11(13)17(19)20/h4-8H,3H2,1-2H3. The number of esters is 1. The Balaban J connectivity index is 2.72. The average molecular weight is 373 g/mol. The second kappa shape index (κ2) is 6.62. The van der Waals surface area contributed by atoms with Gasteiger partial charge in [0.1, 0.15) is 5.69 Å². The van der Waals surface area contributed by atoms with Gasteiger partial charge in [-0.25, -0.2) is 17.2 Å². The topological polar surface area (TPSA) is 109 Å². The molecule has 0 fully saturated rings. The number of ether oxygens (including phenoxy) is 1. The Morgan fingerprint density at radius 1 is 1.38 bits per heavy atom. The highest BCUT2D eigenvalue weighted by molar-refractivity contribution is 7.90. The highest BCUT2D eigenvalue weighted by atomic mass is 35.5. The highest BCUT2D eigenvalue weighted by Crippen LogP contribution is 2.30. The molecular formula is C14H13ClN2O6S. The van der Waals surface area contributed by atoms with Gasteiger partial charge in [-0.05, 0) is 37.6 Å². The Bertz CT molecular complexity index is 919. The number of carbonyl (C=O) groups excluding carboxylic acids is 1. The molecule has 10 heteroatoms. The van der Waals surface area contributed by atoms with Crippen LogP contribution in [0.15, 0.2) is 35.4 Å². The molecule has 0 saturated heterocycles. The number of halogens is 1. The monoisotopic (exact) mass is 372 g/mol. The molecule has 0 saturated carbocycles. The normalized spacial score (nSPS) is 11.3. The van der Waals surface area contributed by atoms with Gasteiger partial charge in [-0.3, -0.25) is 10.1 Å². The van der Waals surface area contributed by atoms with Crippen LogP contribution in [0.1, 0.15) is 23.0 Å². The third kappa shape index (κ3) is 3.26. The third-order valence-electron chi connectivity index (χ3n) is 3.06. The third-order valence-corrected chi connectivity index (χ3v) is 5.00. The summed E-state index contributed by atoms with van der Waals surface area (Å²) in [5, 5.41) is 11.1. The largest absolute Gasteiger partial charge is 0.461 e. The van der Waals surface area contributed by atoms with E-state index in [1.165, 1.54) is 18.3 Å². The first kappa shape index (κ1) is 18.0. The number of rotatable bonds is 5. The van der Waals surface area contributed by atoms with Crippen molar-refractivity contribution in [3.05, 3.63) is 56.9 Å². The van der Waals surface area contributed by atoms with E-state index >= 15 is 0 Å². The maximum atomic E-state index is 12.8. The summed E-state index contributed by atoms with van der Waals surface area (Å²) in [6, 6.07) is 4.51. The summed E-state index contributed by atoms with van der Waals surface area (Å²) in [6.07, 6.45) is 1.19. The van der Waals surface area contributed by atoms with E-state index in [0.29, 0.717) is 9.54 Å². The van der Waals surface area contributed by atoms with Gasteiger partial charge in [-0.1, -0.05) is 11.6 Å². The van der Waals surface area contributed by atoms with Gasteiger partial charge in [0.15, 0.2) is 4.90 Å². The van der Waals surface area contributed by atoms with Crippen molar-refractivity contribution in [2.45, 2.75) is 18.7 Å². The molecule has 0 radical (unpaired) electrons. The maximum Gasteiger partial charge on any atom is 0.356 e. The molecule has 0 aliphatic heterocycles. The van der Waals surface area contributed by atoms with Crippen LogP contribution < -0.4 is 0 Å². The number of aromatic nitrogens is 1. The Morgan fingerprint density at radius 3 is 2.62 bits per heavy atom. The van der Waals surface area contributed by atoms with E-state index in [1.54, 1.807) is 13.8 Å². The zero-order valence-electron chi connectivity index (χ0n) is 12.7. The molecular weight excluding hydrogens is 360 g/mol. The van der Waals surface area contributed by atoms with Crippen molar-refractivity contribution in [3.63, 3.8) is 0 Å². The van der Waals surface area contributed by atoms with Gasteiger partial charge in [-0.2, -0.15) is 0 Å². The van der Waals surface area contributed by atoms with Crippen molar-refractivity contribution in [2.24, 2.45) is 0 Å². The number of carbonyl (C=O) groups is 1. The van der Waals surface area contributed by atoms with E-state index in [4.69, 9.17) is 16.3 Å². The van der Waals surface area contributed by atoms with Crippen LogP contribution in [0.5, 0.6) is 0 Å². The van der Waals surface area contributed by atoms with Crippen LogP contribution in [0.2, 0.25) is 5.02 Å². The minimum atomic E-state index is -4.42. The predicted molar refractivity (Wildman–Crippen MR) is 85.8 cm³/mol. The van der Waals surface area contributed by atoms with Crippen molar-refractivity contribution in [3.8, 4) is 0 Å². The van der Waals surface area contributed by atoms with Crippen molar-refractivity contribution in [2.75, 3.05) is 6.61 Å². The molecule has 1 aromatic carbocycles. The van der Waals surface area contributed by atoms with Gasteiger partial charge in [-0.15, -0.1) is 0 Å². The molecule has 1 heterocycles. The van der Waals surface area contributed by atoms with Gasteiger partial charge in [0.2, 0.25) is 0 Å². The molecule has 0 spiro atoms.